The maximum Gasteiger partial charge on any atom is 0.131 e. The standard InChI is InChI=1S/C14H24N4O/c1-15-7-3-13-16-8-4-14(17-13)18(2)11-12-5-9-19-10-6-12/h4,8,12,15H,3,5-7,9-11H2,1-2H3. The van der Waals surface area contributed by atoms with Crippen LogP contribution in [0.4, 0.5) is 5.82 Å². The van der Waals surface area contributed by atoms with Crippen LogP contribution in [0, 0.1) is 5.92 Å². The minimum atomic E-state index is 0.717. The predicted molar refractivity (Wildman–Crippen MR) is 76.5 cm³/mol. The number of hydrogen-bond acceptors (Lipinski definition) is 5. The van der Waals surface area contributed by atoms with E-state index in [1.54, 1.807) is 0 Å². The molecule has 0 unspecified atom stereocenters. The van der Waals surface area contributed by atoms with Crippen molar-refractivity contribution in [3.05, 3.63) is 18.1 Å². The number of nitrogens with zero attached hydrogens (tertiary/aromatic N) is 3. The van der Waals surface area contributed by atoms with Gasteiger partial charge in [-0.15, -0.1) is 0 Å². The molecule has 0 aromatic carbocycles. The van der Waals surface area contributed by atoms with Gasteiger partial charge in [-0.2, -0.15) is 0 Å². The molecule has 0 spiro atoms. The highest BCUT2D eigenvalue weighted by Gasteiger charge is 2.16. The Morgan fingerprint density at radius 1 is 1.42 bits per heavy atom. The Bertz CT molecular complexity index is 379. The maximum atomic E-state index is 5.40. The van der Waals surface area contributed by atoms with E-state index in [9.17, 15) is 0 Å². The van der Waals surface area contributed by atoms with E-state index in [0.717, 1.165) is 63.1 Å². The van der Waals surface area contributed by atoms with Crippen LogP contribution in [0.5, 0.6) is 0 Å². The highest BCUT2D eigenvalue weighted by Crippen LogP contribution is 2.18. The molecule has 2 heterocycles. The van der Waals surface area contributed by atoms with Crippen molar-refractivity contribution in [3.63, 3.8) is 0 Å². The maximum absolute atomic E-state index is 5.40. The molecule has 19 heavy (non-hydrogen) atoms. The third-order valence-corrected chi connectivity index (χ3v) is 3.55. The predicted octanol–water partition coefficient (Wildman–Crippen LogP) is 1.10. The van der Waals surface area contributed by atoms with Gasteiger partial charge in [0.15, 0.2) is 0 Å². The lowest BCUT2D eigenvalue weighted by Gasteiger charge is -2.27. The third kappa shape index (κ3) is 4.44. The third-order valence-electron chi connectivity index (χ3n) is 3.55. The van der Waals surface area contributed by atoms with Gasteiger partial charge in [0.05, 0.1) is 0 Å². The summed E-state index contributed by atoms with van der Waals surface area (Å²) in [4.78, 5) is 11.2. The van der Waals surface area contributed by atoms with Gasteiger partial charge in [0.1, 0.15) is 11.6 Å². The zero-order valence-corrected chi connectivity index (χ0v) is 11.9. The van der Waals surface area contributed by atoms with Gasteiger partial charge in [-0.05, 0) is 31.9 Å². The first-order valence-corrected chi connectivity index (χ1v) is 7.05. The Morgan fingerprint density at radius 2 is 2.21 bits per heavy atom. The number of hydrogen-bond donors (Lipinski definition) is 1. The van der Waals surface area contributed by atoms with Crippen LogP contribution in [0.3, 0.4) is 0 Å². The number of rotatable bonds is 6. The van der Waals surface area contributed by atoms with Crippen LogP contribution in [0.2, 0.25) is 0 Å². The van der Waals surface area contributed by atoms with Crippen molar-refractivity contribution in [1.82, 2.24) is 15.3 Å². The first-order chi connectivity index (χ1) is 9.29. The second kappa shape index (κ2) is 7.40. The smallest absolute Gasteiger partial charge is 0.131 e. The summed E-state index contributed by atoms with van der Waals surface area (Å²) < 4.78 is 5.40. The molecule has 5 nitrogen and oxygen atoms in total. The average molecular weight is 264 g/mol. The summed E-state index contributed by atoms with van der Waals surface area (Å²) in [6.07, 6.45) is 5.04. The highest BCUT2D eigenvalue weighted by atomic mass is 16.5. The molecule has 1 aliphatic heterocycles. The monoisotopic (exact) mass is 264 g/mol. The average Bonchev–Trinajstić information content (AvgIpc) is 2.46. The highest BCUT2D eigenvalue weighted by molar-refractivity contribution is 5.36. The number of aromatic nitrogens is 2. The molecule has 1 saturated heterocycles. The van der Waals surface area contributed by atoms with Crippen molar-refractivity contribution in [2.45, 2.75) is 19.3 Å². The van der Waals surface area contributed by atoms with Crippen LogP contribution in [-0.4, -0.2) is 50.4 Å². The minimum Gasteiger partial charge on any atom is -0.381 e. The SMILES string of the molecule is CNCCc1nccc(N(C)CC2CCOCC2)n1. The van der Waals surface area contributed by atoms with Gasteiger partial charge in [0.2, 0.25) is 0 Å². The molecule has 1 N–H and O–H groups in total. The molecule has 0 amide bonds. The topological polar surface area (TPSA) is 50.3 Å². The van der Waals surface area contributed by atoms with E-state index in [0.29, 0.717) is 0 Å². The van der Waals surface area contributed by atoms with Crippen LogP contribution < -0.4 is 10.2 Å². The number of nitrogens with one attached hydrogen (secondary N) is 1. The zero-order chi connectivity index (χ0) is 13.5. The van der Waals surface area contributed by atoms with Crippen LogP contribution >= 0.6 is 0 Å². The van der Waals surface area contributed by atoms with Gasteiger partial charge < -0.3 is 15.0 Å². The Hall–Kier alpha value is -1.20. The summed E-state index contributed by atoms with van der Waals surface area (Å²) in [5.74, 6) is 2.65. The molecular formula is C14H24N4O. The molecule has 0 aliphatic carbocycles. The quantitative estimate of drug-likeness (QED) is 0.834. The van der Waals surface area contributed by atoms with Crippen LogP contribution in [-0.2, 0) is 11.2 Å². The van der Waals surface area contributed by atoms with Gasteiger partial charge in [0.25, 0.3) is 0 Å². The molecule has 0 radical (unpaired) electrons. The minimum absolute atomic E-state index is 0.717. The molecule has 5 heteroatoms. The molecule has 2 rings (SSSR count). The van der Waals surface area contributed by atoms with Gasteiger partial charge in [0, 0.05) is 46.0 Å². The van der Waals surface area contributed by atoms with Crippen molar-refractivity contribution in [2.75, 3.05) is 45.3 Å². The Morgan fingerprint density at radius 3 is 2.95 bits per heavy atom. The van der Waals surface area contributed by atoms with Crippen molar-refractivity contribution < 1.29 is 4.74 Å². The van der Waals surface area contributed by atoms with Crippen molar-refractivity contribution in [2.24, 2.45) is 5.92 Å². The lowest BCUT2D eigenvalue weighted by molar-refractivity contribution is 0.0685. The second-order valence-corrected chi connectivity index (χ2v) is 5.12. The summed E-state index contributed by atoms with van der Waals surface area (Å²) in [6, 6.07) is 1.99. The van der Waals surface area contributed by atoms with E-state index in [1.165, 1.54) is 0 Å². The summed E-state index contributed by atoms with van der Waals surface area (Å²) >= 11 is 0. The van der Waals surface area contributed by atoms with Gasteiger partial charge in [-0.3, -0.25) is 0 Å². The molecule has 1 aliphatic rings. The van der Waals surface area contributed by atoms with E-state index in [2.05, 4.69) is 27.2 Å². The Labute approximate surface area is 115 Å². The fourth-order valence-corrected chi connectivity index (χ4v) is 2.37. The van der Waals surface area contributed by atoms with Crippen molar-refractivity contribution >= 4 is 5.82 Å². The summed E-state index contributed by atoms with van der Waals surface area (Å²) in [6.45, 7) is 3.75. The van der Waals surface area contributed by atoms with E-state index in [1.807, 2.05) is 19.3 Å². The Kier molecular flexibility index (Phi) is 5.54. The largest absolute Gasteiger partial charge is 0.381 e. The van der Waals surface area contributed by atoms with E-state index in [4.69, 9.17) is 4.74 Å². The van der Waals surface area contributed by atoms with Gasteiger partial charge in [-0.1, -0.05) is 0 Å². The van der Waals surface area contributed by atoms with Crippen LogP contribution in [0.15, 0.2) is 12.3 Å². The fraction of sp³-hybridized carbons (Fsp3) is 0.714. The summed E-state index contributed by atoms with van der Waals surface area (Å²) in [5, 5.41) is 3.12. The molecule has 0 saturated carbocycles. The van der Waals surface area contributed by atoms with Crippen LogP contribution in [0.1, 0.15) is 18.7 Å². The summed E-state index contributed by atoms with van der Waals surface area (Å²) in [5.41, 5.74) is 0. The second-order valence-electron chi connectivity index (χ2n) is 5.12. The first-order valence-electron chi connectivity index (χ1n) is 7.05. The normalized spacial score (nSPS) is 16.5. The molecule has 1 aromatic heterocycles. The fourth-order valence-electron chi connectivity index (χ4n) is 2.37. The molecular weight excluding hydrogens is 240 g/mol. The zero-order valence-electron chi connectivity index (χ0n) is 11.9. The number of anilines is 1. The number of ether oxygens (including phenoxy) is 1. The van der Waals surface area contributed by atoms with E-state index >= 15 is 0 Å². The lowest BCUT2D eigenvalue weighted by atomic mass is 10.00. The van der Waals surface area contributed by atoms with Crippen molar-refractivity contribution in [1.29, 1.82) is 0 Å². The van der Waals surface area contributed by atoms with Crippen LogP contribution in [0.25, 0.3) is 0 Å². The summed E-state index contributed by atoms with van der Waals surface area (Å²) in [7, 11) is 4.06. The molecule has 0 bridgehead atoms. The van der Waals surface area contributed by atoms with E-state index < -0.39 is 0 Å². The number of likely N-dealkylation sites (N-methyl/N-ethyl adjacent to an activating group) is 1. The molecule has 106 valence electrons. The first kappa shape index (κ1) is 14.2. The van der Waals surface area contributed by atoms with Gasteiger partial charge in [-0.25, -0.2) is 9.97 Å². The van der Waals surface area contributed by atoms with Gasteiger partial charge >= 0.3 is 0 Å². The lowest BCUT2D eigenvalue weighted by Crippen LogP contribution is -2.30. The molecule has 0 atom stereocenters. The van der Waals surface area contributed by atoms with Crippen molar-refractivity contribution in [3.8, 4) is 0 Å². The Balaban J connectivity index is 1.91. The molecule has 1 aromatic rings. The van der Waals surface area contributed by atoms with E-state index in [-0.39, 0.29) is 0 Å². The molecule has 1 fully saturated rings.